The van der Waals surface area contributed by atoms with Gasteiger partial charge in [-0.2, -0.15) is 5.10 Å². The highest BCUT2D eigenvalue weighted by molar-refractivity contribution is 6.35. The van der Waals surface area contributed by atoms with Crippen LogP contribution in [0.5, 0.6) is 11.6 Å². The number of hydrogen-bond acceptors (Lipinski definition) is 6. The molecule has 3 aromatic rings. The molecule has 0 aliphatic heterocycles. The van der Waals surface area contributed by atoms with Gasteiger partial charge in [-0.1, -0.05) is 35.3 Å². The number of anilines is 1. The van der Waals surface area contributed by atoms with Gasteiger partial charge in [0.25, 0.3) is 0 Å². The van der Waals surface area contributed by atoms with Crippen molar-refractivity contribution in [2.45, 2.75) is 6.54 Å². The lowest BCUT2D eigenvalue weighted by atomic mass is 10.3. The second-order valence-electron chi connectivity index (χ2n) is 5.24. The number of halogens is 2. The van der Waals surface area contributed by atoms with Crippen LogP contribution in [-0.4, -0.2) is 25.6 Å². The van der Waals surface area contributed by atoms with E-state index in [1.165, 1.54) is 18.5 Å². The van der Waals surface area contributed by atoms with Crippen molar-refractivity contribution >= 4 is 40.5 Å². The fourth-order valence-electron chi connectivity index (χ4n) is 2.11. The maximum atomic E-state index is 12.2. The normalized spacial score (nSPS) is 10.4. The number of hydrogen-bond donors (Lipinski definition) is 1. The van der Waals surface area contributed by atoms with Crippen LogP contribution < -0.4 is 10.1 Å². The summed E-state index contributed by atoms with van der Waals surface area (Å²) in [7, 11) is 0. The highest BCUT2D eigenvalue weighted by Gasteiger charge is 2.14. The summed E-state index contributed by atoms with van der Waals surface area (Å²) in [6.45, 7) is -0.206. The molecule has 0 radical (unpaired) electrons. The van der Waals surface area contributed by atoms with E-state index in [4.69, 9.17) is 27.9 Å². The Hall–Kier alpha value is -3.17. The molecule has 3 rings (SSSR count). The van der Waals surface area contributed by atoms with E-state index >= 15 is 0 Å². The highest BCUT2D eigenvalue weighted by atomic mass is 35.5. The molecule has 11 heteroatoms. The summed E-state index contributed by atoms with van der Waals surface area (Å²) in [6.07, 6.45) is 3.62. The molecule has 0 spiro atoms. The molecular weight excluding hydrogens is 397 g/mol. The van der Waals surface area contributed by atoms with E-state index < -0.39 is 10.8 Å². The summed E-state index contributed by atoms with van der Waals surface area (Å²) >= 11 is 11.9. The van der Waals surface area contributed by atoms with Crippen molar-refractivity contribution in [3.05, 3.63) is 69.1 Å². The number of benzene rings is 1. The molecule has 0 atom stereocenters. The van der Waals surface area contributed by atoms with Gasteiger partial charge in [0.1, 0.15) is 24.0 Å². The minimum atomic E-state index is -0.590. The number of ether oxygens (including phenoxy) is 1. The fraction of sp³-hybridized carbons (Fsp3) is 0.0625. The predicted octanol–water partition coefficient (Wildman–Crippen LogP) is 3.92. The van der Waals surface area contributed by atoms with Crippen LogP contribution in [0.4, 0.5) is 11.4 Å². The third-order valence-electron chi connectivity index (χ3n) is 3.28. The number of pyridine rings is 1. The van der Waals surface area contributed by atoms with Gasteiger partial charge in [0.2, 0.25) is 11.8 Å². The average molecular weight is 408 g/mol. The second kappa shape index (κ2) is 8.02. The summed E-state index contributed by atoms with van der Waals surface area (Å²) < 4.78 is 6.82. The monoisotopic (exact) mass is 407 g/mol. The van der Waals surface area contributed by atoms with E-state index in [-0.39, 0.29) is 23.1 Å². The smallest absolute Gasteiger partial charge is 0.307 e. The van der Waals surface area contributed by atoms with Gasteiger partial charge >= 0.3 is 5.69 Å². The van der Waals surface area contributed by atoms with E-state index in [2.05, 4.69) is 15.4 Å². The van der Waals surface area contributed by atoms with Crippen molar-refractivity contribution in [3.8, 4) is 11.6 Å². The molecule has 0 aliphatic rings. The van der Waals surface area contributed by atoms with Crippen molar-refractivity contribution in [1.82, 2.24) is 14.8 Å². The maximum Gasteiger partial charge on any atom is 0.307 e. The molecule has 1 amide bonds. The molecule has 1 aromatic carbocycles. The van der Waals surface area contributed by atoms with Crippen LogP contribution in [-0.2, 0) is 11.3 Å². The molecule has 2 aromatic heterocycles. The van der Waals surface area contributed by atoms with Gasteiger partial charge in [0, 0.05) is 6.20 Å². The molecule has 2 heterocycles. The Morgan fingerprint density at radius 3 is 2.78 bits per heavy atom. The quantitative estimate of drug-likeness (QED) is 0.489. The predicted molar refractivity (Wildman–Crippen MR) is 98.3 cm³/mol. The molecule has 138 valence electrons. The first kappa shape index (κ1) is 18.6. The van der Waals surface area contributed by atoms with Crippen LogP contribution in [0.15, 0.2) is 48.9 Å². The lowest BCUT2D eigenvalue weighted by Gasteiger charge is -2.12. The third-order valence-corrected chi connectivity index (χ3v) is 3.76. The largest absolute Gasteiger partial charge is 0.435 e. The zero-order chi connectivity index (χ0) is 19.4. The SMILES string of the molecule is O=C(Cn1cc([N+](=O)[O-])cn1)Nc1ccccc1Oc1ncc(Cl)cc1Cl. The molecule has 0 saturated carbocycles. The lowest BCUT2D eigenvalue weighted by Crippen LogP contribution is -2.19. The molecule has 9 nitrogen and oxygen atoms in total. The number of aromatic nitrogens is 3. The Morgan fingerprint density at radius 1 is 1.30 bits per heavy atom. The first-order valence-electron chi connectivity index (χ1n) is 7.47. The Balaban J connectivity index is 1.73. The van der Waals surface area contributed by atoms with E-state index in [0.29, 0.717) is 16.5 Å². The standard InChI is InChI=1S/C16H11Cl2N5O4/c17-10-5-12(18)16(19-6-10)27-14-4-2-1-3-13(14)21-15(24)9-22-8-11(7-20-22)23(25)26/h1-8H,9H2,(H,21,24). The van der Waals surface area contributed by atoms with Crippen LogP contribution in [0.25, 0.3) is 0 Å². The van der Waals surface area contributed by atoms with E-state index in [1.54, 1.807) is 24.3 Å². The second-order valence-corrected chi connectivity index (χ2v) is 6.08. The zero-order valence-corrected chi connectivity index (χ0v) is 15.0. The summed E-state index contributed by atoms with van der Waals surface area (Å²) in [6, 6.07) is 8.16. The molecule has 0 bridgehead atoms. The van der Waals surface area contributed by atoms with Crippen molar-refractivity contribution in [2.24, 2.45) is 0 Å². The van der Waals surface area contributed by atoms with Gasteiger partial charge in [-0.15, -0.1) is 0 Å². The maximum absolute atomic E-state index is 12.2. The van der Waals surface area contributed by atoms with Crippen LogP contribution >= 0.6 is 23.2 Å². The summed E-state index contributed by atoms with van der Waals surface area (Å²) in [5.41, 5.74) is 0.173. The summed E-state index contributed by atoms with van der Waals surface area (Å²) in [5, 5.41) is 17.7. The van der Waals surface area contributed by atoms with Crippen molar-refractivity contribution in [3.63, 3.8) is 0 Å². The molecule has 0 unspecified atom stereocenters. The van der Waals surface area contributed by atoms with Gasteiger partial charge in [0.05, 0.1) is 15.6 Å². The molecule has 0 saturated heterocycles. The molecule has 0 aliphatic carbocycles. The van der Waals surface area contributed by atoms with Crippen LogP contribution in [0, 0.1) is 10.1 Å². The van der Waals surface area contributed by atoms with E-state index in [1.807, 2.05) is 0 Å². The fourth-order valence-corrected chi connectivity index (χ4v) is 2.53. The van der Waals surface area contributed by atoms with Crippen molar-refractivity contribution < 1.29 is 14.5 Å². The van der Waals surface area contributed by atoms with Crippen molar-refractivity contribution in [1.29, 1.82) is 0 Å². The Bertz CT molecular complexity index is 1010. The number of para-hydroxylation sites is 2. The van der Waals surface area contributed by atoms with E-state index in [0.717, 1.165) is 10.9 Å². The van der Waals surface area contributed by atoms with Gasteiger partial charge < -0.3 is 10.1 Å². The Labute approximate surface area is 162 Å². The van der Waals surface area contributed by atoms with Gasteiger partial charge in [0.15, 0.2) is 5.75 Å². The first-order chi connectivity index (χ1) is 12.9. The Morgan fingerprint density at radius 2 is 2.07 bits per heavy atom. The highest BCUT2D eigenvalue weighted by Crippen LogP contribution is 2.33. The minimum absolute atomic E-state index is 0.130. The van der Waals surface area contributed by atoms with E-state index in [9.17, 15) is 14.9 Å². The minimum Gasteiger partial charge on any atom is -0.435 e. The number of carbonyl (C=O) groups excluding carboxylic acids is 1. The Kier molecular flexibility index (Phi) is 5.53. The number of amides is 1. The van der Waals surface area contributed by atoms with Crippen LogP contribution in [0.1, 0.15) is 0 Å². The van der Waals surface area contributed by atoms with Crippen LogP contribution in [0.3, 0.4) is 0 Å². The van der Waals surface area contributed by atoms with Crippen LogP contribution in [0.2, 0.25) is 10.0 Å². The molecule has 1 N–H and O–H groups in total. The molecule has 27 heavy (non-hydrogen) atoms. The van der Waals surface area contributed by atoms with Gasteiger partial charge in [-0.25, -0.2) is 4.98 Å². The lowest BCUT2D eigenvalue weighted by molar-refractivity contribution is -0.385. The number of nitro groups is 1. The topological polar surface area (TPSA) is 112 Å². The number of rotatable bonds is 6. The number of nitrogens with one attached hydrogen (secondary N) is 1. The average Bonchev–Trinajstić information content (AvgIpc) is 3.07. The number of nitrogens with zero attached hydrogens (tertiary/aromatic N) is 4. The zero-order valence-electron chi connectivity index (χ0n) is 13.5. The number of carbonyl (C=O) groups is 1. The third kappa shape index (κ3) is 4.72. The first-order valence-corrected chi connectivity index (χ1v) is 8.22. The summed E-state index contributed by atoms with van der Waals surface area (Å²) in [5.74, 6) is -0.00121. The van der Waals surface area contributed by atoms with Gasteiger partial charge in [-0.3, -0.25) is 19.6 Å². The van der Waals surface area contributed by atoms with Gasteiger partial charge in [-0.05, 0) is 18.2 Å². The van der Waals surface area contributed by atoms with Crippen molar-refractivity contribution in [2.75, 3.05) is 5.32 Å². The molecule has 0 fully saturated rings. The molecular formula is C16H11Cl2N5O4. The summed E-state index contributed by atoms with van der Waals surface area (Å²) in [4.78, 5) is 26.3.